The van der Waals surface area contributed by atoms with Gasteiger partial charge >= 0.3 is 0 Å². The molecule has 0 aliphatic carbocycles. The van der Waals surface area contributed by atoms with Crippen molar-refractivity contribution in [1.82, 2.24) is 15.1 Å². The minimum atomic E-state index is -0.346. The van der Waals surface area contributed by atoms with Gasteiger partial charge in [-0.25, -0.2) is 0 Å². The first-order valence-electron chi connectivity index (χ1n) is 11.9. The lowest BCUT2D eigenvalue weighted by Crippen LogP contribution is -2.30. The van der Waals surface area contributed by atoms with Crippen molar-refractivity contribution in [3.63, 3.8) is 0 Å². The van der Waals surface area contributed by atoms with Gasteiger partial charge in [-0.05, 0) is 48.6 Å². The number of aromatic hydroxyl groups is 1. The summed E-state index contributed by atoms with van der Waals surface area (Å²) in [4.78, 5) is 15.3. The van der Waals surface area contributed by atoms with Crippen LogP contribution < -0.4 is 9.47 Å². The molecule has 0 spiro atoms. The Labute approximate surface area is 200 Å². The largest absolute Gasteiger partial charge is 0.507 e. The number of phenolic OH excluding ortho intramolecular Hbond substituents is 1. The number of methoxy groups -OCH3 is 1. The van der Waals surface area contributed by atoms with Crippen molar-refractivity contribution in [2.24, 2.45) is 5.92 Å². The van der Waals surface area contributed by atoms with Crippen LogP contribution in [0.25, 0.3) is 11.3 Å². The van der Waals surface area contributed by atoms with Gasteiger partial charge < -0.3 is 19.5 Å². The van der Waals surface area contributed by atoms with Crippen LogP contribution in [-0.4, -0.2) is 46.4 Å². The summed E-state index contributed by atoms with van der Waals surface area (Å²) in [6, 6.07) is 12.6. The van der Waals surface area contributed by atoms with Gasteiger partial charge in [0.15, 0.2) is 11.5 Å². The van der Waals surface area contributed by atoms with Crippen LogP contribution >= 0.6 is 0 Å². The first-order valence-corrected chi connectivity index (χ1v) is 11.9. The molecule has 180 valence electrons. The van der Waals surface area contributed by atoms with E-state index in [-0.39, 0.29) is 17.7 Å². The summed E-state index contributed by atoms with van der Waals surface area (Å²) < 4.78 is 11.6. The van der Waals surface area contributed by atoms with E-state index in [1.165, 1.54) is 0 Å². The minimum absolute atomic E-state index is 0.0844. The van der Waals surface area contributed by atoms with Crippen LogP contribution in [0.3, 0.4) is 0 Å². The first kappa shape index (κ1) is 23.7. The number of nitrogens with zero attached hydrogens (tertiary/aromatic N) is 2. The van der Waals surface area contributed by atoms with Crippen LogP contribution in [0.2, 0.25) is 0 Å². The van der Waals surface area contributed by atoms with Crippen LogP contribution in [-0.2, 0) is 0 Å². The average Bonchev–Trinajstić information content (AvgIpc) is 3.37. The summed E-state index contributed by atoms with van der Waals surface area (Å²) in [5.74, 6) is 1.91. The van der Waals surface area contributed by atoms with Crippen LogP contribution in [0.15, 0.2) is 42.5 Å². The molecule has 0 unspecified atom stereocenters. The lowest BCUT2D eigenvalue weighted by atomic mass is 9.95. The Hall–Kier alpha value is -3.48. The Morgan fingerprint density at radius 3 is 2.68 bits per heavy atom. The fourth-order valence-corrected chi connectivity index (χ4v) is 4.36. The predicted molar refractivity (Wildman–Crippen MR) is 131 cm³/mol. The van der Waals surface area contributed by atoms with E-state index >= 15 is 0 Å². The second-order valence-electron chi connectivity index (χ2n) is 9.07. The van der Waals surface area contributed by atoms with Gasteiger partial charge in [0.25, 0.3) is 5.91 Å². The molecular formula is C27H33N3O4. The monoisotopic (exact) mass is 463 g/mol. The van der Waals surface area contributed by atoms with E-state index in [9.17, 15) is 9.90 Å². The second-order valence-corrected chi connectivity index (χ2v) is 9.07. The van der Waals surface area contributed by atoms with Gasteiger partial charge in [0, 0.05) is 17.7 Å². The highest BCUT2D eigenvalue weighted by molar-refractivity contribution is 6.00. The molecule has 1 atom stereocenters. The molecule has 4 rings (SSSR count). The lowest BCUT2D eigenvalue weighted by Gasteiger charge is -2.27. The first-order chi connectivity index (χ1) is 16.5. The van der Waals surface area contributed by atoms with Crippen molar-refractivity contribution >= 4 is 5.91 Å². The van der Waals surface area contributed by atoms with Crippen LogP contribution in [0.1, 0.15) is 67.7 Å². The van der Waals surface area contributed by atoms with Gasteiger partial charge in [-0.15, -0.1) is 0 Å². The molecule has 1 aliphatic rings. The zero-order chi connectivity index (χ0) is 24.2. The number of ether oxygens (including phenoxy) is 2. The van der Waals surface area contributed by atoms with Gasteiger partial charge in [0.1, 0.15) is 17.1 Å². The Morgan fingerprint density at radius 2 is 1.97 bits per heavy atom. The number of H-pyrrole nitrogens is 1. The molecule has 34 heavy (non-hydrogen) atoms. The number of amides is 1. The number of aromatic amines is 1. The molecule has 3 aromatic rings. The van der Waals surface area contributed by atoms with E-state index in [1.54, 1.807) is 19.2 Å². The van der Waals surface area contributed by atoms with Gasteiger partial charge in [-0.2, -0.15) is 5.10 Å². The molecule has 1 aromatic heterocycles. The van der Waals surface area contributed by atoms with E-state index in [2.05, 4.69) is 31.0 Å². The quantitative estimate of drug-likeness (QED) is 0.411. The molecule has 0 radical (unpaired) electrons. The smallest absolute Gasteiger partial charge is 0.273 e. The molecule has 2 N–H and O–H groups in total. The van der Waals surface area contributed by atoms with Gasteiger partial charge in [0.05, 0.1) is 19.8 Å². The lowest BCUT2D eigenvalue weighted by molar-refractivity contribution is 0.0741. The molecule has 0 saturated heterocycles. The number of aromatic nitrogens is 2. The predicted octanol–water partition coefficient (Wildman–Crippen LogP) is 5.56. The van der Waals surface area contributed by atoms with Crippen molar-refractivity contribution in [3.8, 4) is 28.5 Å². The highest BCUT2D eigenvalue weighted by Gasteiger charge is 2.42. The third kappa shape index (κ3) is 4.47. The van der Waals surface area contributed by atoms with Crippen molar-refractivity contribution in [1.29, 1.82) is 0 Å². The Bertz CT molecular complexity index is 1150. The standard InChI is InChI=1S/C27H33N3O4/c1-5-6-14-30-26(18-11-12-21(22(16-18)33-4)34-15-13-17(2)3)23-24(28-29-25(23)27(30)32)19-9-7-8-10-20(19)31/h7-12,16-17,26,31H,5-6,13-15H2,1-4H3,(H,28,29)/t26-/m1/s1. The number of hydrogen-bond acceptors (Lipinski definition) is 5. The molecule has 1 amide bonds. The Morgan fingerprint density at radius 1 is 1.18 bits per heavy atom. The summed E-state index contributed by atoms with van der Waals surface area (Å²) in [6.07, 6.45) is 2.81. The molecule has 2 aromatic carbocycles. The molecule has 0 fully saturated rings. The summed E-state index contributed by atoms with van der Waals surface area (Å²) in [5, 5.41) is 17.9. The summed E-state index contributed by atoms with van der Waals surface area (Å²) in [7, 11) is 1.62. The van der Waals surface area contributed by atoms with Crippen molar-refractivity contribution in [3.05, 3.63) is 59.3 Å². The molecule has 7 nitrogen and oxygen atoms in total. The highest BCUT2D eigenvalue weighted by Crippen LogP contribution is 2.45. The van der Waals surface area contributed by atoms with E-state index < -0.39 is 0 Å². The van der Waals surface area contributed by atoms with Crippen LogP contribution in [0, 0.1) is 5.92 Å². The zero-order valence-electron chi connectivity index (χ0n) is 20.3. The van der Waals surface area contributed by atoms with E-state index in [0.29, 0.717) is 47.5 Å². The van der Waals surface area contributed by atoms with Crippen molar-refractivity contribution < 1.29 is 19.4 Å². The molecule has 0 bridgehead atoms. The zero-order valence-corrected chi connectivity index (χ0v) is 20.3. The number of fused-ring (bicyclic) bond motifs is 1. The fourth-order valence-electron chi connectivity index (χ4n) is 4.36. The maximum absolute atomic E-state index is 13.4. The third-order valence-corrected chi connectivity index (χ3v) is 6.23. The van der Waals surface area contributed by atoms with E-state index in [1.807, 2.05) is 35.2 Å². The topological polar surface area (TPSA) is 87.7 Å². The Balaban J connectivity index is 1.77. The highest BCUT2D eigenvalue weighted by atomic mass is 16.5. The van der Waals surface area contributed by atoms with Crippen molar-refractivity contribution in [2.45, 2.75) is 46.1 Å². The van der Waals surface area contributed by atoms with Crippen LogP contribution in [0.5, 0.6) is 17.2 Å². The second kappa shape index (κ2) is 10.2. The minimum Gasteiger partial charge on any atom is -0.507 e. The summed E-state index contributed by atoms with van der Waals surface area (Å²) in [5.41, 5.74) is 3.33. The molecular weight excluding hydrogens is 430 g/mol. The van der Waals surface area contributed by atoms with E-state index in [0.717, 1.165) is 30.4 Å². The van der Waals surface area contributed by atoms with E-state index in [4.69, 9.17) is 9.47 Å². The Kier molecular flexibility index (Phi) is 7.10. The number of carbonyl (C=O) groups is 1. The van der Waals surface area contributed by atoms with Crippen molar-refractivity contribution in [2.75, 3.05) is 20.3 Å². The van der Waals surface area contributed by atoms with Gasteiger partial charge in [-0.3, -0.25) is 9.89 Å². The molecule has 2 heterocycles. The average molecular weight is 464 g/mol. The molecule has 1 aliphatic heterocycles. The normalized spacial score (nSPS) is 15.1. The maximum Gasteiger partial charge on any atom is 0.273 e. The van der Waals surface area contributed by atoms with Gasteiger partial charge in [0.2, 0.25) is 0 Å². The van der Waals surface area contributed by atoms with Gasteiger partial charge in [-0.1, -0.05) is 45.4 Å². The number of phenols is 1. The number of nitrogens with one attached hydrogen (secondary N) is 1. The number of carbonyl (C=O) groups excluding carboxylic acids is 1. The number of rotatable bonds is 10. The maximum atomic E-state index is 13.4. The molecule has 0 saturated carbocycles. The summed E-state index contributed by atoms with van der Waals surface area (Å²) in [6.45, 7) is 7.67. The number of hydrogen-bond donors (Lipinski definition) is 2. The molecule has 7 heteroatoms. The fraction of sp³-hybridized carbons (Fsp3) is 0.407. The number of unbranched alkanes of at least 4 members (excludes halogenated alkanes) is 1. The van der Waals surface area contributed by atoms with Crippen LogP contribution in [0.4, 0.5) is 0 Å². The SMILES string of the molecule is CCCCN1C(=O)c2[nH]nc(-c3ccccc3O)c2[C@H]1c1ccc(OCCC(C)C)c(OC)c1. The number of benzene rings is 2. The summed E-state index contributed by atoms with van der Waals surface area (Å²) >= 11 is 0. The number of para-hydroxylation sites is 1. The third-order valence-electron chi connectivity index (χ3n) is 6.23.